The molecule has 0 atom stereocenters. The van der Waals surface area contributed by atoms with Gasteiger partial charge in [0.15, 0.2) is 0 Å². The first-order valence-electron chi connectivity index (χ1n) is 5.72. The van der Waals surface area contributed by atoms with Crippen LogP contribution in [0.15, 0.2) is 0 Å². The van der Waals surface area contributed by atoms with E-state index in [0.717, 1.165) is 32.6 Å². The lowest BCUT2D eigenvalue weighted by Gasteiger charge is -2.24. The van der Waals surface area contributed by atoms with E-state index in [4.69, 9.17) is 0 Å². The predicted octanol–water partition coefficient (Wildman–Crippen LogP) is 0.196. The zero-order valence-corrected chi connectivity index (χ0v) is 10.1. The van der Waals surface area contributed by atoms with Crippen LogP contribution in [0.1, 0.15) is 27.2 Å². The smallest absolute Gasteiger partial charge is 0.236 e. The molecule has 1 aliphatic heterocycles. The number of carbonyl (C=O) groups excluding carboxylic acids is 1. The van der Waals surface area contributed by atoms with Gasteiger partial charge in [0.25, 0.3) is 0 Å². The van der Waals surface area contributed by atoms with Gasteiger partial charge in [-0.2, -0.15) is 0 Å². The first kappa shape index (κ1) is 12.5. The van der Waals surface area contributed by atoms with E-state index >= 15 is 0 Å². The van der Waals surface area contributed by atoms with E-state index in [0.29, 0.717) is 6.54 Å². The second kappa shape index (κ2) is 5.47. The summed E-state index contributed by atoms with van der Waals surface area (Å²) in [5.74, 6) is 0.216. The van der Waals surface area contributed by atoms with Crippen LogP contribution in [0.25, 0.3) is 0 Å². The highest BCUT2D eigenvalue weighted by Gasteiger charge is 2.17. The average molecular weight is 213 g/mol. The molecule has 88 valence electrons. The van der Waals surface area contributed by atoms with Crippen LogP contribution in [0.2, 0.25) is 0 Å². The molecule has 0 spiro atoms. The Kier molecular flexibility index (Phi) is 4.54. The quantitative estimate of drug-likeness (QED) is 0.688. The summed E-state index contributed by atoms with van der Waals surface area (Å²) in [5, 5.41) is 6.52. The summed E-state index contributed by atoms with van der Waals surface area (Å²) in [6.45, 7) is 10.3. The van der Waals surface area contributed by atoms with Gasteiger partial charge in [0.2, 0.25) is 5.91 Å². The van der Waals surface area contributed by atoms with Crippen molar-refractivity contribution >= 4 is 5.91 Å². The van der Waals surface area contributed by atoms with Gasteiger partial charge in [0, 0.05) is 25.2 Å². The summed E-state index contributed by atoms with van der Waals surface area (Å²) < 4.78 is 0. The van der Waals surface area contributed by atoms with Crippen molar-refractivity contribution in [2.24, 2.45) is 0 Å². The maximum atomic E-state index is 11.8. The van der Waals surface area contributed by atoms with E-state index in [2.05, 4.69) is 31.4 Å². The standard InChI is InChI=1S/C11H23N3O/c1-11(2,3)13-9-10(15)14-7-4-5-12-6-8-14/h12-13H,4-9H2,1-3H3. The highest BCUT2D eigenvalue weighted by Crippen LogP contribution is 2.00. The molecule has 1 saturated heterocycles. The highest BCUT2D eigenvalue weighted by molar-refractivity contribution is 5.78. The minimum absolute atomic E-state index is 0.0137. The molecular formula is C11H23N3O. The Morgan fingerprint density at radius 1 is 1.33 bits per heavy atom. The van der Waals surface area contributed by atoms with E-state index in [-0.39, 0.29) is 11.4 Å². The predicted molar refractivity (Wildman–Crippen MR) is 61.8 cm³/mol. The molecule has 0 unspecified atom stereocenters. The first-order valence-corrected chi connectivity index (χ1v) is 5.72. The summed E-state index contributed by atoms with van der Waals surface area (Å²) in [5.41, 5.74) is 0.0137. The van der Waals surface area contributed by atoms with E-state index in [9.17, 15) is 4.79 Å². The van der Waals surface area contributed by atoms with Crippen LogP contribution in [0.4, 0.5) is 0 Å². The van der Waals surface area contributed by atoms with Gasteiger partial charge in [-0.1, -0.05) is 0 Å². The van der Waals surface area contributed by atoms with E-state index in [1.807, 2.05) is 4.90 Å². The third kappa shape index (κ3) is 5.14. The number of nitrogens with one attached hydrogen (secondary N) is 2. The fourth-order valence-corrected chi connectivity index (χ4v) is 1.55. The molecule has 0 bridgehead atoms. The number of hydrogen-bond donors (Lipinski definition) is 2. The van der Waals surface area contributed by atoms with Crippen molar-refractivity contribution in [2.75, 3.05) is 32.7 Å². The molecule has 0 radical (unpaired) electrons. The Bertz CT molecular complexity index is 202. The molecule has 2 N–H and O–H groups in total. The average Bonchev–Trinajstić information content (AvgIpc) is 2.41. The first-order chi connectivity index (χ1) is 6.99. The van der Waals surface area contributed by atoms with E-state index < -0.39 is 0 Å². The van der Waals surface area contributed by atoms with Gasteiger partial charge in [-0.3, -0.25) is 4.79 Å². The SMILES string of the molecule is CC(C)(C)NCC(=O)N1CCCNCC1. The number of hydrogen-bond acceptors (Lipinski definition) is 3. The number of carbonyl (C=O) groups is 1. The van der Waals surface area contributed by atoms with Crippen LogP contribution in [-0.4, -0.2) is 49.1 Å². The van der Waals surface area contributed by atoms with Gasteiger partial charge in [0.05, 0.1) is 6.54 Å². The lowest BCUT2D eigenvalue weighted by atomic mass is 10.1. The van der Waals surface area contributed by atoms with Crippen LogP contribution in [0, 0.1) is 0 Å². The van der Waals surface area contributed by atoms with Gasteiger partial charge in [0.1, 0.15) is 0 Å². The van der Waals surface area contributed by atoms with Gasteiger partial charge in [-0.15, -0.1) is 0 Å². The number of nitrogens with zero attached hydrogens (tertiary/aromatic N) is 1. The molecule has 1 rings (SSSR count). The molecular weight excluding hydrogens is 190 g/mol. The molecule has 1 aliphatic rings. The molecule has 0 aromatic heterocycles. The normalized spacial score (nSPS) is 18.7. The summed E-state index contributed by atoms with van der Waals surface area (Å²) in [4.78, 5) is 13.8. The Hall–Kier alpha value is -0.610. The second-order valence-electron chi connectivity index (χ2n) is 5.09. The van der Waals surface area contributed by atoms with Crippen LogP contribution in [-0.2, 0) is 4.79 Å². The van der Waals surface area contributed by atoms with Crippen molar-refractivity contribution in [1.82, 2.24) is 15.5 Å². The Morgan fingerprint density at radius 3 is 2.73 bits per heavy atom. The Labute approximate surface area is 92.4 Å². The molecule has 1 heterocycles. The zero-order valence-electron chi connectivity index (χ0n) is 10.1. The van der Waals surface area contributed by atoms with Gasteiger partial charge < -0.3 is 15.5 Å². The van der Waals surface area contributed by atoms with E-state index in [1.54, 1.807) is 0 Å². The maximum absolute atomic E-state index is 11.8. The molecule has 0 aromatic rings. The Morgan fingerprint density at radius 2 is 2.07 bits per heavy atom. The van der Waals surface area contributed by atoms with Crippen molar-refractivity contribution in [2.45, 2.75) is 32.7 Å². The van der Waals surface area contributed by atoms with Gasteiger partial charge >= 0.3 is 0 Å². The van der Waals surface area contributed by atoms with Crippen molar-refractivity contribution < 1.29 is 4.79 Å². The minimum Gasteiger partial charge on any atom is -0.340 e. The van der Waals surface area contributed by atoms with Gasteiger partial charge in [-0.05, 0) is 33.7 Å². The monoisotopic (exact) mass is 213 g/mol. The lowest BCUT2D eigenvalue weighted by Crippen LogP contribution is -2.45. The highest BCUT2D eigenvalue weighted by atomic mass is 16.2. The third-order valence-electron chi connectivity index (χ3n) is 2.46. The maximum Gasteiger partial charge on any atom is 0.236 e. The lowest BCUT2D eigenvalue weighted by molar-refractivity contribution is -0.130. The molecule has 0 aromatic carbocycles. The molecule has 4 nitrogen and oxygen atoms in total. The Balaban J connectivity index is 2.32. The van der Waals surface area contributed by atoms with Crippen LogP contribution in [0.5, 0.6) is 0 Å². The van der Waals surface area contributed by atoms with Crippen molar-refractivity contribution in [3.8, 4) is 0 Å². The summed E-state index contributed by atoms with van der Waals surface area (Å²) >= 11 is 0. The van der Waals surface area contributed by atoms with E-state index in [1.165, 1.54) is 0 Å². The molecule has 1 amide bonds. The van der Waals surface area contributed by atoms with Crippen LogP contribution < -0.4 is 10.6 Å². The van der Waals surface area contributed by atoms with Crippen LogP contribution in [0.3, 0.4) is 0 Å². The molecule has 0 aliphatic carbocycles. The molecule has 15 heavy (non-hydrogen) atoms. The topological polar surface area (TPSA) is 44.4 Å². The summed E-state index contributed by atoms with van der Waals surface area (Å²) in [6.07, 6.45) is 1.06. The minimum atomic E-state index is 0.0137. The number of amides is 1. The fraction of sp³-hybridized carbons (Fsp3) is 0.909. The summed E-state index contributed by atoms with van der Waals surface area (Å²) in [6, 6.07) is 0. The summed E-state index contributed by atoms with van der Waals surface area (Å²) in [7, 11) is 0. The molecule has 1 fully saturated rings. The number of rotatable bonds is 2. The van der Waals surface area contributed by atoms with Gasteiger partial charge in [-0.25, -0.2) is 0 Å². The van der Waals surface area contributed by atoms with Crippen molar-refractivity contribution in [1.29, 1.82) is 0 Å². The van der Waals surface area contributed by atoms with Crippen molar-refractivity contribution in [3.63, 3.8) is 0 Å². The molecule has 4 heteroatoms. The van der Waals surface area contributed by atoms with Crippen LogP contribution >= 0.6 is 0 Å². The molecule has 0 saturated carbocycles. The third-order valence-corrected chi connectivity index (χ3v) is 2.46. The largest absolute Gasteiger partial charge is 0.340 e. The second-order valence-corrected chi connectivity index (χ2v) is 5.09. The fourth-order valence-electron chi connectivity index (χ4n) is 1.55. The van der Waals surface area contributed by atoms with Crippen molar-refractivity contribution in [3.05, 3.63) is 0 Å². The zero-order chi connectivity index (χ0) is 11.3.